The molecule has 0 radical (unpaired) electrons. The van der Waals surface area contributed by atoms with Gasteiger partial charge in [0.05, 0.1) is 0 Å². The molecule has 0 bridgehead atoms. The van der Waals surface area contributed by atoms with Crippen molar-refractivity contribution >= 4 is 17.3 Å². The standard InChI is InChI=1S/C13H26N2S/c1-3-4-8-11(2)14-13(16)15-12-9-6-5-7-10-12/h11-12H,3-10H2,1-2H3,(H2,14,15,16). The second kappa shape index (κ2) is 7.88. The molecule has 0 spiro atoms. The van der Waals surface area contributed by atoms with E-state index in [9.17, 15) is 0 Å². The van der Waals surface area contributed by atoms with Gasteiger partial charge in [-0.3, -0.25) is 0 Å². The fourth-order valence-corrected chi connectivity index (χ4v) is 2.65. The molecule has 2 N–H and O–H groups in total. The molecule has 3 heteroatoms. The first-order chi connectivity index (χ1) is 7.72. The Labute approximate surface area is 106 Å². The van der Waals surface area contributed by atoms with Crippen molar-refractivity contribution in [1.82, 2.24) is 10.6 Å². The Hall–Kier alpha value is -0.310. The van der Waals surface area contributed by atoms with Crippen molar-refractivity contribution < 1.29 is 0 Å². The van der Waals surface area contributed by atoms with Gasteiger partial charge < -0.3 is 10.6 Å². The molecule has 0 aromatic carbocycles. The van der Waals surface area contributed by atoms with E-state index in [1.165, 1.54) is 51.4 Å². The first kappa shape index (κ1) is 13.8. The predicted molar refractivity (Wildman–Crippen MR) is 74.7 cm³/mol. The summed E-state index contributed by atoms with van der Waals surface area (Å²) in [5.74, 6) is 0. The number of nitrogens with one attached hydrogen (secondary N) is 2. The third-order valence-corrected chi connectivity index (χ3v) is 3.54. The highest BCUT2D eigenvalue weighted by Crippen LogP contribution is 2.17. The quantitative estimate of drug-likeness (QED) is 0.723. The van der Waals surface area contributed by atoms with Crippen molar-refractivity contribution in [2.75, 3.05) is 0 Å². The summed E-state index contributed by atoms with van der Waals surface area (Å²) in [5, 5.41) is 7.69. The van der Waals surface area contributed by atoms with Crippen LogP contribution in [0.4, 0.5) is 0 Å². The maximum absolute atomic E-state index is 5.34. The summed E-state index contributed by atoms with van der Waals surface area (Å²) in [6, 6.07) is 1.12. The SMILES string of the molecule is CCCCC(C)NC(=S)NC1CCCCC1. The minimum atomic E-state index is 0.503. The summed E-state index contributed by atoms with van der Waals surface area (Å²) < 4.78 is 0. The lowest BCUT2D eigenvalue weighted by molar-refractivity contribution is 0.410. The van der Waals surface area contributed by atoms with Crippen LogP contribution in [0.5, 0.6) is 0 Å². The molecule has 1 unspecified atom stereocenters. The zero-order valence-corrected chi connectivity index (χ0v) is 11.5. The average Bonchev–Trinajstić information content (AvgIpc) is 2.27. The molecule has 1 aliphatic rings. The lowest BCUT2D eigenvalue weighted by Crippen LogP contribution is -2.45. The largest absolute Gasteiger partial charge is 0.360 e. The van der Waals surface area contributed by atoms with Crippen molar-refractivity contribution in [3.63, 3.8) is 0 Å². The zero-order chi connectivity index (χ0) is 11.8. The minimum Gasteiger partial charge on any atom is -0.360 e. The fraction of sp³-hybridized carbons (Fsp3) is 0.923. The van der Waals surface area contributed by atoms with Gasteiger partial charge in [-0.2, -0.15) is 0 Å². The van der Waals surface area contributed by atoms with Gasteiger partial charge in [0.15, 0.2) is 5.11 Å². The van der Waals surface area contributed by atoms with Gasteiger partial charge in [0, 0.05) is 12.1 Å². The summed E-state index contributed by atoms with van der Waals surface area (Å²) in [4.78, 5) is 0. The molecule has 1 rings (SSSR count). The topological polar surface area (TPSA) is 24.1 Å². The maximum atomic E-state index is 5.34. The van der Waals surface area contributed by atoms with Crippen LogP contribution in [0, 0.1) is 0 Å². The first-order valence-electron chi connectivity index (χ1n) is 6.79. The third kappa shape index (κ3) is 5.69. The minimum absolute atomic E-state index is 0.503. The van der Waals surface area contributed by atoms with E-state index < -0.39 is 0 Å². The number of thiocarbonyl (C=S) groups is 1. The van der Waals surface area contributed by atoms with Crippen molar-refractivity contribution in [3.8, 4) is 0 Å². The molecule has 0 aromatic heterocycles. The maximum Gasteiger partial charge on any atom is 0.166 e. The third-order valence-electron chi connectivity index (χ3n) is 3.31. The molecule has 1 saturated carbocycles. The van der Waals surface area contributed by atoms with E-state index in [2.05, 4.69) is 24.5 Å². The molecule has 1 aliphatic carbocycles. The van der Waals surface area contributed by atoms with Crippen molar-refractivity contribution in [2.24, 2.45) is 0 Å². The highest BCUT2D eigenvalue weighted by atomic mass is 32.1. The summed E-state index contributed by atoms with van der Waals surface area (Å²) in [5.41, 5.74) is 0. The lowest BCUT2D eigenvalue weighted by Gasteiger charge is -2.25. The van der Waals surface area contributed by atoms with Gasteiger partial charge >= 0.3 is 0 Å². The zero-order valence-electron chi connectivity index (χ0n) is 10.7. The fourth-order valence-electron chi connectivity index (χ4n) is 2.28. The first-order valence-corrected chi connectivity index (χ1v) is 7.20. The van der Waals surface area contributed by atoms with Gasteiger partial charge in [0.2, 0.25) is 0 Å². The van der Waals surface area contributed by atoms with Crippen LogP contribution < -0.4 is 10.6 Å². The Morgan fingerprint density at radius 2 is 2.00 bits per heavy atom. The van der Waals surface area contributed by atoms with E-state index >= 15 is 0 Å². The molecule has 94 valence electrons. The molecule has 0 saturated heterocycles. The van der Waals surface area contributed by atoms with Crippen LogP contribution >= 0.6 is 12.2 Å². The van der Waals surface area contributed by atoms with Crippen LogP contribution in [0.3, 0.4) is 0 Å². The normalized spacial score (nSPS) is 19.1. The van der Waals surface area contributed by atoms with E-state index in [-0.39, 0.29) is 0 Å². The van der Waals surface area contributed by atoms with Crippen LogP contribution in [0.25, 0.3) is 0 Å². The number of hydrogen-bond donors (Lipinski definition) is 2. The summed E-state index contributed by atoms with van der Waals surface area (Å²) in [6.07, 6.45) is 10.4. The van der Waals surface area contributed by atoms with Crippen LogP contribution in [0.15, 0.2) is 0 Å². The monoisotopic (exact) mass is 242 g/mol. The van der Waals surface area contributed by atoms with Crippen LogP contribution in [-0.2, 0) is 0 Å². The molecule has 1 fully saturated rings. The number of hydrogen-bond acceptors (Lipinski definition) is 1. The Kier molecular flexibility index (Phi) is 6.78. The van der Waals surface area contributed by atoms with E-state index in [4.69, 9.17) is 12.2 Å². The molecule has 0 heterocycles. The van der Waals surface area contributed by atoms with Crippen LogP contribution in [-0.4, -0.2) is 17.2 Å². The van der Waals surface area contributed by atoms with Crippen LogP contribution in [0.1, 0.15) is 65.2 Å². The molecule has 0 aliphatic heterocycles. The molecule has 2 nitrogen and oxygen atoms in total. The second-order valence-electron chi connectivity index (χ2n) is 5.00. The molecular formula is C13H26N2S. The molecule has 0 aromatic rings. The van der Waals surface area contributed by atoms with Crippen LogP contribution in [0.2, 0.25) is 0 Å². The molecule has 16 heavy (non-hydrogen) atoms. The summed E-state index contributed by atoms with van der Waals surface area (Å²) >= 11 is 5.34. The van der Waals surface area contributed by atoms with Crippen molar-refractivity contribution in [3.05, 3.63) is 0 Å². The summed E-state index contributed by atoms with van der Waals surface area (Å²) in [6.45, 7) is 4.44. The van der Waals surface area contributed by atoms with Crippen molar-refractivity contribution in [1.29, 1.82) is 0 Å². The highest BCUT2D eigenvalue weighted by Gasteiger charge is 2.14. The van der Waals surface area contributed by atoms with Gasteiger partial charge in [-0.1, -0.05) is 39.0 Å². The van der Waals surface area contributed by atoms with E-state index in [1.54, 1.807) is 0 Å². The summed E-state index contributed by atoms with van der Waals surface area (Å²) in [7, 11) is 0. The Bertz CT molecular complexity index is 200. The number of rotatable bonds is 5. The Morgan fingerprint density at radius 1 is 1.31 bits per heavy atom. The van der Waals surface area contributed by atoms with Gasteiger partial charge in [0.25, 0.3) is 0 Å². The highest BCUT2D eigenvalue weighted by molar-refractivity contribution is 7.80. The lowest BCUT2D eigenvalue weighted by atomic mass is 9.96. The number of unbranched alkanes of at least 4 members (excludes halogenated alkanes) is 1. The molecule has 1 atom stereocenters. The smallest absolute Gasteiger partial charge is 0.166 e. The predicted octanol–water partition coefficient (Wildman–Crippen LogP) is 3.36. The van der Waals surface area contributed by atoms with E-state index in [0.717, 1.165) is 5.11 Å². The van der Waals surface area contributed by atoms with Gasteiger partial charge in [0.1, 0.15) is 0 Å². The second-order valence-corrected chi connectivity index (χ2v) is 5.40. The van der Waals surface area contributed by atoms with Crippen molar-refractivity contribution in [2.45, 2.75) is 77.3 Å². The Morgan fingerprint density at radius 3 is 2.62 bits per heavy atom. The van der Waals surface area contributed by atoms with Gasteiger partial charge in [-0.15, -0.1) is 0 Å². The average molecular weight is 242 g/mol. The Balaban J connectivity index is 2.13. The molecular weight excluding hydrogens is 216 g/mol. The van der Waals surface area contributed by atoms with E-state index in [0.29, 0.717) is 12.1 Å². The van der Waals surface area contributed by atoms with Gasteiger partial charge in [-0.25, -0.2) is 0 Å². The molecule has 0 amide bonds. The van der Waals surface area contributed by atoms with E-state index in [1.807, 2.05) is 0 Å². The van der Waals surface area contributed by atoms with Gasteiger partial charge in [-0.05, 0) is 38.4 Å².